The zero-order chi connectivity index (χ0) is 13.5. The molecule has 0 aliphatic carbocycles. The summed E-state index contributed by atoms with van der Waals surface area (Å²) in [4.78, 5) is 0. The number of ether oxygens (including phenoxy) is 2. The molecule has 0 atom stereocenters. The predicted octanol–water partition coefficient (Wildman–Crippen LogP) is 2.41. The third-order valence-electron chi connectivity index (χ3n) is 3.52. The Morgan fingerprint density at radius 2 is 1.89 bits per heavy atom. The lowest BCUT2D eigenvalue weighted by atomic mass is 9.94. The summed E-state index contributed by atoms with van der Waals surface area (Å²) in [5, 5.41) is 0. The molecule has 4 nitrogen and oxygen atoms in total. The van der Waals surface area contributed by atoms with Gasteiger partial charge in [0.15, 0.2) is 0 Å². The SMILES string of the molecule is O=S(=O)(Cl)Cc1c2c(cc3c1OCCC3)OCCC2. The van der Waals surface area contributed by atoms with E-state index < -0.39 is 9.05 Å². The molecule has 0 bridgehead atoms. The van der Waals surface area contributed by atoms with Gasteiger partial charge in [0.05, 0.1) is 19.0 Å². The van der Waals surface area contributed by atoms with Gasteiger partial charge in [-0.05, 0) is 37.3 Å². The molecule has 0 radical (unpaired) electrons. The van der Waals surface area contributed by atoms with E-state index in [4.69, 9.17) is 20.2 Å². The molecule has 2 aliphatic heterocycles. The second-order valence-electron chi connectivity index (χ2n) is 4.91. The van der Waals surface area contributed by atoms with Crippen LogP contribution < -0.4 is 9.47 Å². The first-order valence-corrected chi connectivity index (χ1v) is 8.88. The number of aryl methyl sites for hydroxylation is 1. The molecule has 0 aromatic heterocycles. The van der Waals surface area contributed by atoms with Crippen LogP contribution in [0.4, 0.5) is 0 Å². The lowest BCUT2D eigenvalue weighted by molar-refractivity contribution is 0.270. The van der Waals surface area contributed by atoms with Crippen molar-refractivity contribution >= 4 is 19.7 Å². The van der Waals surface area contributed by atoms with Gasteiger partial charge in [0, 0.05) is 21.8 Å². The fraction of sp³-hybridized carbons (Fsp3) is 0.538. The molecule has 0 unspecified atom stereocenters. The zero-order valence-electron chi connectivity index (χ0n) is 10.4. The van der Waals surface area contributed by atoms with Gasteiger partial charge in [-0.1, -0.05) is 0 Å². The van der Waals surface area contributed by atoms with Crippen LogP contribution in [0.5, 0.6) is 11.5 Å². The fourth-order valence-electron chi connectivity index (χ4n) is 2.75. The van der Waals surface area contributed by atoms with Crippen LogP contribution in [0, 0.1) is 0 Å². The lowest BCUT2D eigenvalue weighted by Crippen LogP contribution is -2.17. The molecule has 104 valence electrons. The monoisotopic (exact) mass is 302 g/mol. The average molecular weight is 303 g/mol. The molecule has 1 aromatic rings. The van der Waals surface area contributed by atoms with Crippen molar-refractivity contribution in [2.75, 3.05) is 13.2 Å². The highest BCUT2D eigenvalue weighted by Crippen LogP contribution is 2.40. The van der Waals surface area contributed by atoms with Gasteiger partial charge in [0.25, 0.3) is 0 Å². The van der Waals surface area contributed by atoms with E-state index in [-0.39, 0.29) is 5.75 Å². The van der Waals surface area contributed by atoms with Crippen molar-refractivity contribution < 1.29 is 17.9 Å². The Morgan fingerprint density at radius 1 is 1.16 bits per heavy atom. The van der Waals surface area contributed by atoms with Crippen LogP contribution in [-0.4, -0.2) is 21.6 Å². The van der Waals surface area contributed by atoms with Crippen molar-refractivity contribution in [2.24, 2.45) is 0 Å². The lowest BCUT2D eigenvalue weighted by Gasteiger charge is -2.27. The van der Waals surface area contributed by atoms with Crippen LogP contribution in [0.1, 0.15) is 29.5 Å². The van der Waals surface area contributed by atoms with Gasteiger partial charge in [-0.3, -0.25) is 0 Å². The third-order valence-corrected chi connectivity index (χ3v) is 4.48. The molecule has 6 heteroatoms. The molecular formula is C13H15ClO4S. The molecule has 0 amide bonds. The first-order valence-electron chi connectivity index (χ1n) is 6.40. The van der Waals surface area contributed by atoms with Crippen LogP contribution >= 0.6 is 10.7 Å². The summed E-state index contributed by atoms with van der Waals surface area (Å²) >= 11 is 0. The van der Waals surface area contributed by atoms with E-state index in [0.717, 1.165) is 42.6 Å². The van der Waals surface area contributed by atoms with Crippen molar-refractivity contribution in [1.82, 2.24) is 0 Å². The van der Waals surface area contributed by atoms with Gasteiger partial charge in [0.1, 0.15) is 11.5 Å². The van der Waals surface area contributed by atoms with E-state index in [9.17, 15) is 8.42 Å². The fourth-order valence-corrected chi connectivity index (χ4v) is 3.73. The maximum atomic E-state index is 11.4. The summed E-state index contributed by atoms with van der Waals surface area (Å²) in [7, 11) is 1.82. The molecule has 0 N–H and O–H groups in total. The third kappa shape index (κ3) is 2.67. The summed E-state index contributed by atoms with van der Waals surface area (Å²) in [6, 6.07) is 1.99. The predicted molar refractivity (Wildman–Crippen MR) is 72.6 cm³/mol. The van der Waals surface area contributed by atoms with Gasteiger partial charge in [-0.15, -0.1) is 0 Å². The Kier molecular flexibility index (Phi) is 3.35. The van der Waals surface area contributed by atoms with Crippen molar-refractivity contribution in [3.05, 3.63) is 22.8 Å². The molecule has 0 saturated heterocycles. The van der Waals surface area contributed by atoms with Crippen LogP contribution in [0.2, 0.25) is 0 Å². The summed E-state index contributed by atoms with van der Waals surface area (Å²) in [5.41, 5.74) is 2.67. The number of hydrogen-bond donors (Lipinski definition) is 0. The maximum Gasteiger partial charge on any atom is 0.236 e. The summed E-state index contributed by atoms with van der Waals surface area (Å²) in [5.74, 6) is 1.31. The molecule has 0 saturated carbocycles. The minimum atomic E-state index is -3.61. The number of halogens is 1. The molecule has 3 rings (SSSR count). The van der Waals surface area contributed by atoms with Gasteiger partial charge in [-0.25, -0.2) is 8.42 Å². The molecule has 0 fully saturated rings. The van der Waals surface area contributed by atoms with Crippen molar-refractivity contribution in [3.8, 4) is 11.5 Å². The zero-order valence-corrected chi connectivity index (χ0v) is 12.0. The molecule has 2 aliphatic rings. The molecule has 19 heavy (non-hydrogen) atoms. The highest BCUT2D eigenvalue weighted by molar-refractivity contribution is 8.13. The van der Waals surface area contributed by atoms with Crippen LogP contribution in [-0.2, 0) is 27.6 Å². The van der Waals surface area contributed by atoms with Crippen molar-refractivity contribution in [2.45, 2.75) is 31.4 Å². The number of fused-ring (bicyclic) bond motifs is 2. The number of rotatable bonds is 2. The highest BCUT2D eigenvalue weighted by Gasteiger charge is 2.26. The first kappa shape index (κ1) is 13.1. The summed E-state index contributed by atoms with van der Waals surface area (Å²) < 4.78 is 34.2. The Bertz CT molecular complexity index is 575. The van der Waals surface area contributed by atoms with E-state index >= 15 is 0 Å². The topological polar surface area (TPSA) is 52.6 Å². The minimum Gasteiger partial charge on any atom is -0.493 e. The van der Waals surface area contributed by atoms with E-state index in [1.807, 2.05) is 6.07 Å². The number of benzene rings is 1. The van der Waals surface area contributed by atoms with Gasteiger partial charge < -0.3 is 9.47 Å². The Morgan fingerprint density at radius 3 is 2.68 bits per heavy atom. The van der Waals surface area contributed by atoms with Crippen LogP contribution in [0.15, 0.2) is 6.07 Å². The van der Waals surface area contributed by atoms with E-state index in [2.05, 4.69) is 0 Å². The quantitative estimate of drug-likeness (QED) is 0.787. The highest BCUT2D eigenvalue weighted by atomic mass is 35.7. The normalized spacial score (nSPS) is 17.9. The first-order chi connectivity index (χ1) is 9.04. The minimum absolute atomic E-state index is 0.191. The molecule has 1 aromatic carbocycles. The summed E-state index contributed by atoms with van der Waals surface area (Å²) in [6.07, 6.45) is 3.54. The average Bonchev–Trinajstić information content (AvgIpc) is 2.37. The van der Waals surface area contributed by atoms with E-state index in [1.165, 1.54) is 0 Å². The Hall–Kier alpha value is -0.940. The van der Waals surface area contributed by atoms with Gasteiger partial charge >= 0.3 is 0 Å². The van der Waals surface area contributed by atoms with E-state index in [0.29, 0.717) is 24.5 Å². The maximum absolute atomic E-state index is 11.4. The molecule has 0 spiro atoms. The summed E-state index contributed by atoms with van der Waals surface area (Å²) in [6.45, 7) is 1.31. The van der Waals surface area contributed by atoms with Crippen LogP contribution in [0.25, 0.3) is 0 Å². The van der Waals surface area contributed by atoms with E-state index in [1.54, 1.807) is 0 Å². The Balaban J connectivity index is 2.17. The Labute approximate surface area is 117 Å². The molecular weight excluding hydrogens is 288 g/mol. The molecule has 2 heterocycles. The van der Waals surface area contributed by atoms with Crippen LogP contribution in [0.3, 0.4) is 0 Å². The second kappa shape index (κ2) is 4.87. The van der Waals surface area contributed by atoms with Gasteiger partial charge in [-0.2, -0.15) is 0 Å². The van der Waals surface area contributed by atoms with Crippen molar-refractivity contribution in [1.29, 1.82) is 0 Å². The largest absolute Gasteiger partial charge is 0.493 e. The smallest absolute Gasteiger partial charge is 0.236 e. The standard InChI is InChI=1S/C13H15ClO4S/c14-19(15,16)8-11-10-4-2-5-17-12(10)7-9-3-1-6-18-13(9)11/h7H,1-6,8H2. The van der Waals surface area contributed by atoms with Gasteiger partial charge in [0.2, 0.25) is 9.05 Å². The second-order valence-corrected chi connectivity index (χ2v) is 7.68. The number of hydrogen-bond acceptors (Lipinski definition) is 4. The van der Waals surface area contributed by atoms with Crippen molar-refractivity contribution in [3.63, 3.8) is 0 Å².